The molecule has 0 aliphatic carbocycles. The summed E-state index contributed by atoms with van der Waals surface area (Å²) in [7, 11) is 0. The van der Waals surface area contributed by atoms with Crippen molar-refractivity contribution in [1.82, 2.24) is 0 Å². The van der Waals surface area contributed by atoms with Gasteiger partial charge in [0.15, 0.2) is 6.10 Å². The third kappa shape index (κ3) is 43.4. The molecule has 320 valence electrons. The molecule has 0 aromatic heterocycles. The first-order valence-corrected chi connectivity index (χ1v) is 24.2. The Hall–Kier alpha value is -1.36. The van der Waals surface area contributed by atoms with Crippen LogP contribution in [0.15, 0.2) is 12.2 Å². The second-order valence-corrected chi connectivity index (χ2v) is 16.4. The summed E-state index contributed by atoms with van der Waals surface area (Å²) in [6.07, 6.45) is 50.9. The largest absolute Gasteiger partial charge is 0.462 e. The number of carbonyl (C=O) groups is 2. The van der Waals surface area contributed by atoms with E-state index in [1.54, 1.807) is 0 Å². The smallest absolute Gasteiger partial charge is 0.306 e. The summed E-state index contributed by atoms with van der Waals surface area (Å²) in [5.41, 5.74) is 0. The molecule has 0 aromatic rings. The number of rotatable bonds is 45. The highest BCUT2D eigenvalue weighted by molar-refractivity contribution is 5.70. The topological polar surface area (TPSA) is 61.8 Å². The van der Waals surface area contributed by atoms with Crippen molar-refractivity contribution >= 4 is 11.9 Å². The third-order valence-electron chi connectivity index (χ3n) is 10.8. The molecule has 0 bridgehead atoms. The van der Waals surface area contributed by atoms with E-state index in [0.717, 1.165) is 44.9 Å². The Morgan fingerprint density at radius 1 is 0.389 bits per heavy atom. The van der Waals surface area contributed by atoms with Crippen molar-refractivity contribution in [2.45, 2.75) is 271 Å². The van der Waals surface area contributed by atoms with Crippen LogP contribution in [0.4, 0.5) is 0 Å². The summed E-state index contributed by atoms with van der Waals surface area (Å²) in [6.45, 7) is 7.79. The molecule has 5 nitrogen and oxygen atoms in total. The van der Waals surface area contributed by atoms with Crippen molar-refractivity contribution in [3.8, 4) is 0 Å². The minimum atomic E-state index is -0.526. The highest BCUT2D eigenvalue weighted by Gasteiger charge is 2.17. The Kier molecular flexibility index (Phi) is 44.9. The van der Waals surface area contributed by atoms with Crippen molar-refractivity contribution in [1.29, 1.82) is 0 Å². The standard InChI is InChI=1S/C49H94O5/c1-4-7-10-13-16-18-20-21-22-23-24-25-26-27-28-30-32-35-38-41-44-52-45-47(54-49(51)43-40-37-33-15-12-9-6-3)46-53-48(50)42-39-36-34-31-29-19-17-14-11-8-5-2/h14,17,47H,4-13,15-16,18-46H2,1-3H3/b17-14-. The SMILES string of the molecule is CCCC/C=C\CCCCCCCC(=O)OCC(COCCCCCCCCCCCCCCCCCCCCCC)OC(=O)CCCCCCCCC. The summed E-state index contributed by atoms with van der Waals surface area (Å²) in [5.74, 6) is -0.400. The van der Waals surface area contributed by atoms with Crippen LogP contribution in [0.25, 0.3) is 0 Å². The van der Waals surface area contributed by atoms with E-state index < -0.39 is 6.10 Å². The fraction of sp³-hybridized carbons (Fsp3) is 0.918. The van der Waals surface area contributed by atoms with E-state index in [0.29, 0.717) is 26.1 Å². The van der Waals surface area contributed by atoms with E-state index in [1.165, 1.54) is 186 Å². The molecule has 0 aliphatic rings. The van der Waals surface area contributed by atoms with Gasteiger partial charge in [-0.1, -0.05) is 226 Å². The van der Waals surface area contributed by atoms with E-state index in [9.17, 15) is 9.59 Å². The van der Waals surface area contributed by atoms with Crippen LogP contribution in [0.5, 0.6) is 0 Å². The van der Waals surface area contributed by atoms with Gasteiger partial charge in [-0.3, -0.25) is 9.59 Å². The van der Waals surface area contributed by atoms with Gasteiger partial charge in [-0.15, -0.1) is 0 Å². The minimum Gasteiger partial charge on any atom is -0.462 e. The van der Waals surface area contributed by atoms with Gasteiger partial charge < -0.3 is 14.2 Å². The van der Waals surface area contributed by atoms with Crippen LogP contribution in [0.1, 0.15) is 265 Å². The maximum atomic E-state index is 12.6. The number of carbonyl (C=O) groups excluding carboxylic acids is 2. The van der Waals surface area contributed by atoms with Gasteiger partial charge in [-0.05, 0) is 38.5 Å². The fourth-order valence-corrected chi connectivity index (χ4v) is 7.14. The van der Waals surface area contributed by atoms with Gasteiger partial charge in [-0.25, -0.2) is 0 Å². The molecule has 0 radical (unpaired) electrons. The molecular weight excluding hydrogens is 669 g/mol. The zero-order valence-corrected chi connectivity index (χ0v) is 36.8. The van der Waals surface area contributed by atoms with Crippen molar-refractivity contribution in [2.24, 2.45) is 0 Å². The molecule has 0 heterocycles. The van der Waals surface area contributed by atoms with E-state index in [-0.39, 0.29) is 18.5 Å². The molecule has 0 aromatic carbocycles. The summed E-state index contributed by atoms with van der Waals surface area (Å²) >= 11 is 0. The van der Waals surface area contributed by atoms with Crippen molar-refractivity contribution in [3.05, 3.63) is 12.2 Å². The number of hydrogen-bond acceptors (Lipinski definition) is 5. The normalized spacial score (nSPS) is 12.1. The number of allylic oxidation sites excluding steroid dienone is 2. The van der Waals surface area contributed by atoms with Gasteiger partial charge in [0, 0.05) is 19.4 Å². The molecule has 0 amide bonds. The fourth-order valence-electron chi connectivity index (χ4n) is 7.14. The first-order chi connectivity index (χ1) is 26.6. The predicted molar refractivity (Wildman–Crippen MR) is 233 cm³/mol. The van der Waals surface area contributed by atoms with Crippen molar-refractivity contribution < 1.29 is 23.8 Å². The maximum absolute atomic E-state index is 12.6. The zero-order valence-electron chi connectivity index (χ0n) is 36.8. The van der Waals surface area contributed by atoms with Gasteiger partial charge in [-0.2, -0.15) is 0 Å². The van der Waals surface area contributed by atoms with Crippen molar-refractivity contribution in [2.75, 3.05) is 19.8 Å². The van der Waals surface area contributed by atoms with Gasteiger partial charge >= 0.3 is 11.9 Å². The van der Waals surface area contributed by atoms with Crippen LogP contribution in [0.3, 0.4) is 0 Å². The molecule has 0 aliphatic heterocycles. The van der Waals surface area contributed by atoms with Gasteiger partial charge in [0.2, 0.25) is 0 Å². The van der Waals surface area contributed by atoms with Crippen LogP contribution < -0.4 is 0 Å². The van der Waals surface area contributed by atoms with Crippen LogP contribution in [0.2, 0.25) is 0 Å². The monoisotopic (exact) mass is 763 g/mol. The zero-order chi connectivity index (χ0) is 39.3. The molecule has 0 saturated heterocycles. The summed E-state index contributed by atoms with van der Waals surface area (Å²) in [5, 5.41) is 0. The molecular formula is C49H94O5. The van der Waals surface area contributed by atoms with E-state index in [1.807, 2.05) is 0 Å². The second kappa shape index (κ2) is 46.0. The number of ether oxygens (including phenoxy) is 3. The first kappa shape index (κ1) is 52.6. The second-order valence-electron chi connectivity index (χ2n) is 16.4. The minimum absolute atomic E-state index is 0.0885. The average Bonchev–Trinajstić information content (AvgIpc) is 3.17. The molecule has 0 rings (SSSR count). The number of esters is 2. The third-order valence-corrected chi connectivity index (χ3v) is 10.8. The molecule has 1 unspecified atom stereocenters. The van der Waals surface area contributed by atoms with Crippen LogP contribution in [-0.2, 0) is 23.8 Å². The quantitative estimate of drug-likeness (QED) is 0.0351. The first-order valence-electron chi connectivity index (χ1n) is 24.2. The van der Waals surface area contributed by atoms with Crippen LogP contribution in [-0.4, -0.2) is 37.9 Å². The Morgan fingerprint density at radius 3 is 1.19 bits per heavy atom. The number of unbranched alkanes of at least 4 members (excludes halogenated alkanes) is 32. The lowest BCUT2D eigenvalue weighted by Gasteiger charge is -2.18. The molecule has 54 heavy (non-hydrogen) atoms. The van der Waals surface area contributed by atoms with Crippen LogP contribution in [0, 0.1) is 0 Å². The van der Waals surface area contributed by atoms with Crippen LogP contribution >= 0.6 is 0 Å². The van der Waals surface area contributed by atoms with Gasteiger partial charge in [0.25, 0.3) is 0 Å². The van der Waals surface area contributed by atoms with Crippen molar-refractivity contribution in [3.63, 3.8) is 0 Å². The molecule has 5 heteroatoms. The molecule has 0 saturated carbocycles. The molecule has 0 spiro atoms. The average molecular weight is 763 g/mol. The Labute approximate surface area is 337 Å². The Balaban J connectivity index is 4.02. The molecule has 0 N–H and O–H groups in total. The van der Waals surface area contributed by atoms with Gasteiger partial charge in [0.1, 0.15) is 6.61 Å². The van der Waals surface area contributed by atoms with Gasteiger partial charge in [0.05, 0.1) is 6.61 Å². The molecule has 0 fully saturated rings. The predicted octanol–water partition coefficient (Wildman–Crippen LogP) is 15.9. The number of hydrogen-bond donors (Lipinski definition) is 0. The van der Waals surface area contributed by atoms with E-state index in [2.05, 4.69) is 32.9 Å². The maximum Gasteiger partial charge on any atom is 0.306 e. The van der Waals surface area contributed by atoms with E-state index in [4.69, 9.17) is 14.2 Å². The highest BCUT2D eigenvalue weighted by atomic mass is 16.6. The lowest BCUT2D eigenvalue weighted by atomic mass is 10.0. The summed E-state index contributed by atoms with van der Waals surface area (Å²) in [6, 6.07) is 0. The summed E-state index contributed by atoms with van der Waals surface area (Å²) in [4.78, 5) is 25.1. The highest BCUT2D eigenvalue weighted by Crippen LogP contribution is 2.16. The summed E-state index contributed by atoms with van der Waals surface area (Å²) < 4.78 is 17.3. The lowest BCUT2D eigenvalue weighted by Crippen LogP contribution is -2.30. The van der Waals surface area contributed by atoms with E-state index >= 15 is 0 Å². The Bertz CT molecular complexity index is 780. The Morgan fingerprint density at radius 2 is 0.741 bits per heavy atom. The molecule has 1 atom stereocenters. The lowest BCUT2D eigenvalue weighted by molar-refractivity contribution is -0.163.